The smallest absolute Gasteiger partial charge is 0.873 e. The van der Waals surface area contributed by atoms with E-state index in [2.05, 4.69) is 29.9 Å². The van der Waals surface area contributed by atoms with Crippen molar-refractivity contribution < 1.29 is 106 Å². The standard InChI is InChI=1S/2C18H20N2O4.2C5H5N.2Cu.U/c2*21-15-7-3-5-13(17(15)23)11-19-9-1-2-10-20-12-14-6-4-8-16(22)18(14)24;2*1-2-4-6-5-3-1;;;/h2*3-8,11-12,21-24H,1-2,9-10H2;2*1-5H;;;/q;;;;2*+2;+4/p-8. The van der Waals surface area contributed by atoms with Crippen LogP contribution < -0.4 is 40.9 Å². The molecule has 2 radical (unpaired) electrons. The summed E-state index contributed by atoms with van der Waals surface area (Å²) in [4.78, 5) is 24.0. The van der Waals surface area contributed by atoms with Crippen LogP contribution in [0, 0.1) is 31.1 Å². The molecule has 63 heavy (non-hydrogen) atoms. The number of pyridine rings is 2. The Bertz CT molecular complexity index is 1920. The molecule has 330 valence electrons. The number of hydrogen-bond acceptors (Lipinski definition) is 14. The molecule has 0 aliphatic heterocycles. The largest absolute Gasteiger partial charge is 4.00 e. The molecule has 0 fully saturated rings. The van der Waals surface area contributed by atoms with Crippen molar-refractivity contribution in [3.8, 4) is 46.0 Å². The fourth-order valence-corrected chi connectivity index (χ4v) is 4.63. The van der Waals surface area contributed by atoms with E-state index < -0.39 is 46.0 Å². The normalized spacial score (nSPS) is 10.3. The second-order valence-electron chi connectivity index (χ2n) is 12.3. The van der Waals surface area contributed by atoms with Crippen molar-refractivity contribution in [2.75, 3.05) is 26.2 Å². The molecule has 0 saturated heterocycles. The van der Waals surface area contributed by atoms with Gasteiger partial charge in [-0.15, -0.1) is 46.0 Å². The molecular formula is C46H42Cu2N6O8U. The SMILES string of the molecule is [Cu+2].[Cu+2].[O-]c1cccc(C=NCCCCN=Cc2cccc([O-])c2[O-])c1[O-].[O-]c1cccc(C=NCCCCN=Cc2cccc([O-])c2[O-])c1[O-].[U+4].c1ccncc1.c1ccncc1. The van der Waals surface area contributed by atoms with Gasteiger partial charge >= 0.3 is 65.3 Å². The molecule has 0 aliphatic rings. The number of benzene rings is 4. The zero-order valence-electron chi connectivity index (χ0n) is 33.7. The quantitative estimate of drug-likeness (QED) is 0.0875. The zero-order chi connectivity index (χ0) is 43.2. The average Bonchev–Trinajstić information content (AvgIpc) is 3.27. The van der Waals surface area contributed by atoms with Crippen molar-refractivity contribution in [1.29, 1.82) is 0 Å². The topological polar surface area (TPSA) is 260 Å². The summed E-state index contributed by atoms with van der Waals surface area (Å²) >= 11 is 0. The van der Waals surface area contributed by atoms with Crippen LogP contribution in [0.4, 0.5) is 0 Å². The third-order valence-electron chi connectivity index (χ3n) is 7.74. The summed E-state index contributed by atoms with van der Waals surface area (Å²) in [6, 6.07) is 28.7. The second kappa shape index (κ2) is 34.9. The molecule has 4 aromatic carbocycles. The predicted octanol–water partition coefficient (Wildman–Crippen LogP) is 2.76. The fraction of sp³-hybridized carbons (Fsp3) is 0.174. The molecule has 0 aliphatic carbocycles. The molecule has 6 aromatic rings. The average molecular weight is 1170 g/mol. The third-order valence-corrected chi connectivity index (χ3v) is 7.74. The van der Waals surface area contributed by atoms with Crippen LogP contribution in [-0.4, -0.2) is 61.0 Å². The van der Waals surface area contributed by atoms with E-state index in [-0.39, 0.29) is 65.3 Å². The fourth-order valence-electron chi connectivity index (χ4n) is 4.63. The number of para-hydroxylation sites is 4. The summed E-state index contributed by atoms with van der Waals surface area (Å²) in [6.45, 7) is 2.06. The first-order chi connectivity index (χ1) is 29.2. The first-order valence-electron chi connectivity index (χ1n) is 18.8. The van der Waals surface area contributed by atoms with E-state index in [0.29, 0.717) is 48.4 Å². The molecule has 2 heterocycles. The van der Waals surface area contributed by atoms with Crippen LogP contribution in [-0.2, 0) is 34.1 Å². The van der Waals surface area contributed by atoms with Crippen molar-refractivity contribution in [2.24, 2.45) is 20.0 Å². The molecule has 0 bridgehead atoms. The number of rotatable bonds is 14. The molecule has 0 amide bonds. The summed E-state index contributed by atoms with van der Waals surface area (Å²) in [6.07, 6.45) is 15.7. The van der Waals surface area contributed by atoms with Gasteiger partial charge in [0.1, 0.15) is 0 Å². The number of aromatic nitrogens is 2. The first-order valence-corrected chi connectivity index (χ1v) is 18.8. The minimum Gasteiger partial charge on any atom is -0.873 e. The zero-order valence-corrected chi connectivity index (χ0v) is 39.8. The molecule has 0 atom stereocenters. The number of hydrogen-bond donors (Lipinski definition) is 0. The van der Waals surface area contributed by atoms with Gasteiger partial charge in [-0.05, 0) is 72.2 Å². The molecule has 6 rings (SSSR count). The van der Waals surface area contributed by atoms with Crippen molar-refractivity contribution in [2.45, 2.75) is 25.7 Å². The number of aliphatic imine (C=N–C) groups is 4. The van der Waals surface area contributed by atoms with Gasteiger partial charge in [0, 0.05) is 75.8 Å². The Morgan fingerprint density at radius 1 is 0.333 bits per heavy atom. The minimum absolute atomic E-state index is 0. The Balaban J connectivity index is 0.000000925. The maximum atomic E-state index is 11.5. The van der Waals surface area contributed by atoms with Crippen molar-refractivity contribution in [3.63, 3.8) is 0 Å². The Labute approximate surface area is 412 Å². The van der Waals surface area contributed by atoms with Crippen LogP contribution in [0.15, 0.2) is 154 Å². The molecule has 0 N–H and O–H groups in total. The molecule has 0 spiro atoms. The van der Waals surface area contributed by atoms with E-state index in [4.69, 9.17) is 0 Å². The van der Waals surface area contributed by atoms with Crippen LogP contribution in [0.3, 0.4) is 0 Å². The van der Waals surface area contributed by atoms with Crippen molar-refractivity contribution >= 4 is 24.9 Å². The Morgan fingerprint density at radius 3 is 0.730 bits per heavy atom. The van der Waals surface area contributed by atoms with Gasteiger partial charge in [0.2, 0.25) is 0 Å². The summed E-state index contributed by atoms with van der Waals surface area (Å²) in [7, 11) is 0. The minimum atomic E-state index is -0.542. The Kier molecular flexibility index (Phi) is 31.8. The van der Waals surface area contributed by atoms with Gasteiger partial charge in [0.15, 0.2) is 0 Å². The summed E-state index contributed by atoms with van der Waals surface area (Å²) in [5.41, 5.74) is 1.17. The van der Waals surface area contributed by atoms with Crippen LogP contribution >= 0.6 is 0 Å². The van der Waals surface area contributed by atoms with E-state index in [1.165, 1.54) is 73.4 Å². The predicted molar refractivity (Wildman–Crippen MR) is 218 cm³/mol. The maximum absolute atomic E-state index is 11.5. The number of nitrogens with zero attached hydrogens (tertiary/aromatic N) is 6. The van der Waals surface area contributed by atoms with Gasteiger partial charge in [0.05, 0.1) is 0 Å². The molecule has 17 heteroatoms. The Hall–Kier alpha value is -5.65. The van der Waals surface area contributed by atoms with E-state index in [1.807, 2.05) is 36.4 Å². The van der Waals surface area contributed by atoms with Crippen LogP contribution in [0.25, 0.3) is 0 Å². The van der Waals surface area contributed by atoms with Gasteiger partial charge in [-0.1, -0.05) is 84.9 Å². The van der Waals surface area contributed by atoms with E-state index in [0.717, 1.165) is 25.7 Å². The molecule has 14 nitrogen and oxygen atoms in total. The van der Waals surface area contributed by atoms with Crippen LogP contribution in [0.5, 0.6) is 46.0 Å². The Morgan fingerprint density at radius 2 is 0.556 bits per heavy atom. The third kappa shape index (κ3) is 23.4. The van der Waals surface area contributed by atoms with E-state index in [1.54, 1.807) is 49.1 Å². The summed E-state index contributed by atoms with van der Waals surface area (Å²) < 4.78 is 0. The van der Waals surface area contributed by atoms with Crippen molar-refractivity contribution in [1.82, 2.24) is 9.97 Å². The van der Waals surface area contributed by atoms with Crippen molar-refractivity contribution in [3.05, 3.63) is 156 Å². The molecule has 0 unspecified atom stereocenters. The monoisotopic (exact) mass is 1170 g/mol. The van der Waals surface area contributed by atoms with Gasteiger partial charge in [-0.25, -0.2) is 0 Å². The van der Waals surface area contributed by atoms with E-state index in [9.17, 15) is 40.9 Å². The maximum Gasteiger partial charge on any atom is 4.00 e. The summed E-state index contributed by atoms with van der Waals surface area (Å²) in [5, 5.41) is 90.7. The van der Waals surface area contributed by atoms with Crippen LogP contribution in [0.2, 0.25) is 0 Å². The second-order valence-corrected chi connectivity index (χ2v) is 12.3. The van der Waals surface area contributed by atoms with Gasteiger partial charge in [-0.2, -0.15) is 0 Å². The summed E-state index contributed by atoms with van der Waals surface area (Å²) in [5.74, 6) is -4.30. The van der Waals surface area contributed by atoms with E-state index >= 15 is 0 Å². The first kappa shape index (κ1) is 57.4. The number of unbranched alkanes of at least 4 members (excludes halogenated alkanes) is 2. The van der Waals surface area contributed by atoms with Gasteiger partial charge in [-0.3, -0.25) is 29.9 Å². The molecule has 0 saturated carbocycles. The molecule has 2 aromatic heterocycles. The van der Waals surface area contributed by atoms with Gasteiger partial charge in [0.25, 0.3) is 0 Å². The van der Waals surface area contributed by atoms with Crippen LogP contribution in [0.1, 0.15) is 47.9 Å². The van der Waals surface area contributed by atoms with Gasteiger partial charge < -0.3 is 40.9 Å². The molecular weight excluding hydrogens is 1130 g/mol.